The Kier molecular flexibility index (Phi) is 3.89. The average molecular weight is 261 g/mol. The minimum atomic E-state index is -4.55. The number of hydrogen-bond acceptors (Lipinski definition) is 3. The number of pyridine rings is 1. The molecule has 1 heterocycles. The second kappa shape index (κ2) is 5.03. The van der Waals surface area contributed by atoms with Crippen molar-refractivity contribution < 1.29 is 22.8 Å². The summed E-state index contributed by atoms with van der Waals surface area (Å²) in [4.78, 5) is 26.4. The van der Waals surface area contributed by atoms with Crippen molar-refractivity contribution in [2.75, 3.05) is 13.6 Å². The number of nitrogens with zero attached hydrogens (tertiary/aromatic N) is 2. The molecule has 1 aromatic heterocycles. The van der Waals surface area contributed by atoms with Gasteiger partial charge in [-0.25, -0.2) is 0 Å². The van der Waals surface area contributed by atoms with Gasteiger partial charge in [0.25, 0.3) is 5.91 Å². The lowest BCUT2D eigenvalue weighted by Crippen LogP contribution is -2.35. The molecule has 98 valence electrons. The number of likely N-dealkylation sites (N-methyl/N-ethyl adjacent to an activating group) is 1. The van der Waals surface area contributed by atoms with Crippen LogP contribution in [0.25, 0.3) is 0 Å². The van der Waals surface area contributed by atoms with Crippen molar-refractivity contribution >= 4 is 11.8 Å². The fraction of sp³-hybridized carbons (Fsp3) is 0.300. The molecule has 8 heteroatoms. The van der Waals surface area contributed by atoms with Gasteiger partial charge in [-0.15, -0.1) is 0 Å². The maximum atomic E-state index is 12.2. The summed E-state index contributed by atoms with van der Waals surface area (Å²) in [5.41, 5.74) is 3.76. The number of hydrogen-bond donors (Lipinski definition) is 1. The lowest BCUT2D eigenvalue weighted by Gasteiger charge is -2.15. The van der Waals surface area contributed by atoms with E-state index in [-0.39, 0.29) is 12.1 Å². The van der Waals surface area contributed by atoms with Crippen molar-refractivity contribution in [1.29, 1.82) is 0 Å². The summed E-state index contributed by atoms with van der Waals surface area (Å²) in [6, 6.07) is 1.70. The molecule has 2 N–H and O–H groups in total. The summed E-state index contributed by atoms with van der Waals surface area (Å²) >= 11 is 0. The van der Waals surface area contributed by atoms with Crippen molar-refractivity contribution in [2.24, 2.45) is 5.73 Å². The molecule has 0 saturated heterocycles. The number of carbonyl (C=O) groups is 2. The van der Waals surface area contributed by atoms with E-state index in [9.17, 15) is 22.8 Å². The van der Waals surface area contributed by atoms with Crippen molar-refractivity contribution in [2.45, 2.75) is 6.18 Å². The molecule has 0 aromatic carbocycles. The molecule has 2 amide bonds. The first-order valence-corrected chi connectivity index (χ1v) is 4.79. The normalized spacial score (nSPS) is 11.1. The lowest BCUT2D eigenvalue weighted by atomic mass is 10.2. The van der Waals surface area contributed by atoms with Gasteiger partial charge in [-0.3, -0.25) is 14.6 Å². The number of halogens is 3. The van der Waals surface area contributed by atoms with Crippen molar-refractivity contribution in [1.82, 2.24) is 9.88 Å². The fourth-order valence-electron chi connectivity index (χ4n) is 1.21. The summed E-state index contributed by atoms with van der Waals surface area (Å²) in [7, 11) is 1.31. The van der Waals surface area contributed by atoms with Crippen LogP contribution in [0.3, 0.4) is 0 Å². The van der Waals surface area contributed by atoms with Crippen molar-refractivity contribution in [3.63, 3.8) is 0 Å². The molecule has 0 aliphatic heterocycles. The molecule has 0 fully saturated rings. The summed E-state index contributed by atoms with van der Waals surface area (Å²) < 4.78 is 36.7. The van der Waals surface area contributed by atoms with E-state index in [4.69, 9.17) is 5.73 Å². The van der Waals surface area contributed by atoms with Crippen LogP contribution in [0.4, 0.5) is 13.2 Å². The predicted molar refractivity (Wildman–Crippen MR) is 55.4 cm³/mol. The highest BCUT2D eigenvalue weighted by Crippen LogP contribution is 2.27. The molecule has 0 unspecified atom stereocenters. The van der Waals surface area contributed by atoms with Crippen LogP contribution in [-0.2, 0) is 11.0 Å². The molecule has 0 saturated carbocycles. The van der Waals surface area contributed by atoms with Gasteiger partial charge in [-0.2, -0.15) is 13.2 Å². The molecule has 1 aromatic rings. The summed E-state index contributed by atoms with van der Waals surface area (Å²) in [5, 5.41) is 0. The van der Waals surface area contributed by atoms with Crippen molar-refractivity contribution in [3.8, 4) is 0 Å². The number of alkyl halides is 3. The molecule has 0 radical (unpaired) electrons. The highest BCUT2D eigenvalue weighted by atomic mass is 19.4. The van der Waals surface area contributed by atoms with Crippen LogP contribution in [0.1, 0.15) is 16.1 Å². The molecular weight excluding hydrogens is 251 g/mol. The monoisotopic (exact) mass is 261 g/mol. The van der Waals surface area contributed by atoms with E-state index in [1.54, 1.807) is 0 Å². The summed E-state index contributed by atoms with van der Waals surface area (Å²) in [6.45, 7) is -0.320. The second-order valence-electron chi connectivity index (χ2n) is 3.56. The second-order valence-corrected chi connectivity index (χ2v) is 3.56. The third-order valence-electron chi connectivity index (χ3n) is 2.04. The topological polar surface area (TPSA) is 76.3 Å². The van der Waals surface area contributed by atoms with Crippen LogP contribution < -0.4 is 5.73 Å². The van der Waals surface area contributed by atoms with Gasteiger partial charge in [0.15, 0.2) is 0 Å². The third kappa shape index (κ3) is 3.44. The van der Waals surface area contributed by atoms with Crippen LogP contribution in [0.5, 0.6) is 0 Å². The molecule has 0 spiro atoms. The van der Waals surface area contributed by atoms with Crippen LogP contribution in [0.15, 0.2) is 18.3 Å². The van der Waals surface area contributed by atoms with Gasteiger partial charge < -0.3 is 10.6 Å². The van der Waals surface area contributed by atoms with E-state index in [1.807, 2.05) is 0 Å². The van der Waals surface area contributed by atoms with E-state index in [0.717, 1.165) is 17.2 Å². The van der Waals surface area contributed by atoms with Crippen LogP contribution >= 0.6 is 0 Å². The van der Waals surface area contributed by atoms with Gasteiger partial charge in [0.05, 0.1) is 12.1 Å². The van der Waals surface area contributed by atoms with Crippen LogP contribution in [0, 0.1) is 0 Å². The minimum Gasteiger partial charge on any atom is -0.368 e. The van der Waals surface area contributed by atoms with Gasteiger partial charge in [0.2, 0.25) is 5.91 Å². The first kappa shape index (κ1) is 13.9. The standard InChI is InChI=1S/C10H10F3N3O2/c1-16(5-8(14)17)9(18)6-2-3-7(15-4-6)10(11,12)13/h2-4H,5H2,1H3,(H2,14,17). The maximum absolute atomic E-state index is 12.2. The zero-order valence-electron chi connectivity index (χ0n) is 9.36. The maximum Gasteiger partial charge on any atom is 0.433 e. The SMILES string of the molecule is CN(CC(N)=O)C(=O)c1ccc(C(F)(F)F)nc1. The number of amides is 2. The third-order valence-corrected chi connectivity index (χ3v) is 2.04. The first-order chi connectivity index (χ1) is 8.21. The Labute approximate surface area is 100 Å². The number of rotatable bonds is 3. The van der Waals surface area contributed by atoms with Gasteiger partial charge >= 0.3 is 6.18 Å². The number of aromatic nitrogens is 1. The zero-order valence-corrected chi connectivity index (χ0v) is 9.36. The molecule has 0 atom stereocenters. The van der Waals surface area contributed by atoms with E-state index < -0.39 is 23.7 Å². The molecule has 5 nitrogen and oxygen atoms in total. The largest absolute Gasteiger partial charge is 0.433 e. The Balaban J connectivity index is 2.85. The van der Waals surface area contributed by atoms with Gasteiger partial charge in [-0.05, 0) is 12.1 Å². The number of carbonyl (C=O) groups excluding carboxylic acids is 2. The van der Waals surface area contributed by atoms with E-state index in [1.165, 1.54) is 7.05 Å². The quantitative estimate of drug-likeness (QED) is 0.868. The van der Waals surface area contributed by atoms with Gasteiger partial charge in [-0.1, -0.05) is 0 Å². The Morgan fingerprint density at radius 3 is 2.39 bits per heavy atom. The average Bonchev–Trinajstić information content (AvgIpc) is 2.26. The minimum absolute atomic E-state index is 0.0493. The summed E-state index contributed by atoms with van der Waals surface area (Å²) in [6.07, 6.45) is -3.75. The van der Waals surface area contributed by atoms with Gasteiger partial charge in [0, 0.05) is 13.2 Å². The van der Waals surface area contributed by atoms with Gasteiger partial charge in [0.1, 0.15) is 5.69 Å². The highest BCUT2D eigenvalue weighted by Gasteiger charge is 2.32. The van der Waals surface area contributed by atoms with Crippen LogP contribution in [-0.4, -0.2) is 35.3 Å². The zero-order chi connectivity index (χ0) is 13.9. The molecule has 18 heavy (non-hydrogen) atoms. The van der Waals surface area contributed by atoms with Crippen molar-refractivity contribution in [3.05, 3.63) is 29.6 Å². The lowest BCUT2D eigenvalue weighted by molar-refractivity contribution is -0.141. The van der Waals surface area contributed by atoms with E-state index in [2.05, 4.69) is 4.98 Å². The first-order valence-electron chi connectivity index (χ1n) is 4.79. The predicted octanol–water partition coefficient (Wildman–Crippen LogP) is 0.658. The Bertz CT molecular complexity index is 456. The van der Waals surface area contributed by atoms with Crippen LogP contribution in [0.2, 0.25) is 0 Å². The molecule has 0 bridgehead atoms. The Morgan fingerprint density at radius 2 is 2.00 bits per heavy atom. The smallest absolute Gasteiger partial charge is 0.368 e. The molecule has 0 aliphatic rings. The number of primary amides is 1. The van der Waals surface area contributed by atoms with E-state index in [0.29, 0.717) is 6.07 Å². The fourth-order valence-corrected chi connectivity index (χ4v) is 1.21. The molecule has 0 aliphatic carbocycles. The Hall–Kier alpha value is -2.12. The summed E-state index contributed by atoms with van der Waals surface area (Å²) in [5.74, 6) is -1.35. The Morgan fingerprint density at radius 1 is 1.39 bits per heavy atom. The highest BCUT2D eigenvalue weighted by molar-refractivity contribution is 5.95. The van der Waals surface area contributed by atoms with E-state index >= 15 is 0 Å². The molecule has 1 rings (SSSR count). The molecular formula is C10H10F3N3O2. The number of nitrogens with two attached hydrogens (primary N) is 1.